The van der Waals surface area contributed by atoms with Gasteiger partial charge in [0.25, 0.3) is 5.91 Å². The molecule has 2 N–H and O–H groups in total. The van der Waals surface area contributed by atoms with E-state index in [0.29, 0.717) is 0 Å². The van der Waals surface area contributed by atoms with Crippen molar-refractivity contribution in [2.75, 3.05) is 13.1 Å². The summed E-state index contributed by atoms with van der Waals surface area (Å²) in [5.41, 5.74) is 0.118. The minimum atomic E-state index is -1.02. The van der Waals surface area contributed by atoms with Gasteiger partial charge in [0.15, 0.2) is 11.6 Å². The Hall–Kier alpha value is -1.01. The van der Waals surface area contributed by atoms with Crippen LogP contribution in [-0.2, 0) is 0 Å². The van der Waals surface area contributed by atoms with E-state index in [9.17, 15) is 13.6 Å². The number of carbonyl (C=O) groups excluding carboxylic acids is 1. The van der Waals surface area contributed by atoms with Gasteiger partial charge in [-0.15, -0.1) is 0 Å². The summed E-state index contributed by atoms with van der Waals surface area (Å²) >= 11 is 3.07. The molecule has 1 aromatic carbocycles. The Morgan fingerprint density at radius 2 is 1.89 bits per heavy atom. The van der Waals surface area contributed by atoms with E-state index in [0.717, 1.165) is 38.1 Å². The highest BCUT2D eigenvalue weighted by Crippen LogP contribution is 2.21. The van der Waals surface area contributed by atoms with Crippen molar-refractivity contribution in [1.82, 2.24) is 10.6 Å². The number of carbonyl (C=O) groups is 1. The number of benzene rings is 1. The summed E-state index contributed by atoms with van der Waals surface area (Å²) in [7, 11) is 0. The van der Waals surface area contributed by atoms with E-state index in [-0.39, 0.29) is 22.0 Å². The van der Waals surface area contributed by atoms with Crippen LogP contribution in [0.1, 0.15) is 23.2 Å². The maximum absolute atomic E-state index is 13.1. The van der Waals surface area contributed by atoms with Gasteiger partial charge in [-0.2, -0.15) is 0 Å². The van der Waals surface area contributed by atoms with Crippen LogP contribution < -0.4 is 10.6 Å². The minimum absolute atomic E-state index is 0.0822. The SMILES string of the molecule is O=C(NC1CCNCC1)c1cc(F)c(F)cc1Br. The van der Waals surface area contributed by atoms with Crippen molar-refractivity contribution in [3.05, 3.63) is 33.8 Å². The molecule has 0 radical (unpaired) electrons. The van der Waals surface area contributed by atoms with Gasteiger partial charge in [-0.25, -0.2) is 8.78 Å². The first-order valence-electron chi connectivity index (χ1n) is 5.74. The van der Waals surface area contributed by atoms with Crippen LogP contribution in [0.5, 0.6) is 0 Å². The number of halogens is 3. The Morgan fingerprint density at radius 1 is 1.28 bits per heavy atom. The van der Waals surface area contributed by atoms with E-state index in [1.807, 2.05) is 0 Å². The van der Waals surface area contributed by atoms with Crippen molar-refractivity contribution < 1.29 is 13.6 Å². The molecule has 3 nitrogen and oxygen atoms in total. The fraction of sp³-hybridized carbons (Fsp3) is 0.417. The van der Waals surface area contributed by atoms with E-state index >= 15 is 0 Å². The molecule has 98 valence electrons. The monoisotopic (exact) mass is 318 g/mol. The highest BCUT2D eigenvalue weighted by atomic mass is 79.9. The van der Waals surface area contributed by atoms with E-state index in [1.165, 1.54) is 0 Å². The van der Waals surface area contributed by atoms with Crippen LogP contribution in [0.15, 0.2) is 16.6 Å². The molecule has 0 bridgehead atoms. The molecule has 1 saturated heterocycles. The van der Waals surface area contributed by atoms with Crippen LogP contribution >= 0.6 is 15.9 Å². The first kappa shape index (κ1) is 13.4. The van der Waals surface area contributed by atoms with Gasteiger partial charge in [-0.05, 0) is 54.0 Å². The molecule has 1 fully saturated rings. The first-order chi connectivity index (χ1) is 8.58. The second kappa shape index (κ2) is 5.75. The second-order valence-electron chi connectivity index (χ2n) is 4.24. The summed E-state index contributed by atoms with van der Waals surface area (Å²) < 4.78 is 26.3. The van der Waals surface area contributed by atoms with Crippen LogP contribution in [0.25, 0.3) is 0 Å². The van der Waals surface area contributed by atoms with E-state index in [2.05, 4.69) is 26.6 Å². The second-order valence-corrected chi connectivity index (χ2v) is 5.10. The third-order valence-electron chi connectivity index (χ3n) is 2.93. The molecule has 1 amide bonds. The predicted octanol–water partition coefficient (Wildman–Crippen LogP) is 2.21. The molecular formula is C12H13BrF2N2O. The van der Waals surface area contributed by atoms with E-state index in [1.54, 1.807) is 0 Å². The van der Waals surface area contributed by atoms with Crippen LogP contribution in [0, 0.1) is 11.6 Å². The van der Waals surface area contributed by atoms with Crippen LogP contribution in [0.2, 0.25) is 0 Å². The largest absolute Gasteiger partial charge is 0.349 e. The van der Waals surface area contributed by atoms with Gasteiger partial charge in [-0.3, -0.25) is 4.79 Å². The van der Waals surface area contributed by atoms with E-state index in [4.69, 9.17) is 0 Å². The summed E-state index contributed by atoms with van der Waals surface area (Å²) in [5, 5.41) is 6.01. The van der Waals surface area contributed by atoms with Gasteiger partial charge >= 0.3 is 0 Å². The highest BCUT2D eigenvalue weighted by Gasteiger charge is 2.19. The molecule has 18 heavy (non-hydrogen) atoms. The van der Waals surface area contributed by atoms with Gasteiger partial charge in [0.1, 0.15) is 0 Å². The van der Waals surface area contributed by atoms with Crippen molar-refractivity contribution in [1.29, 1.82) is 0 Å². The van der Waals surface area contributed by atoms with E-state index < -0.39 is 11.6 Å². The molecule has 0 spiro atoms. The number of nitrogens with one attached hydrogen (secondary N) is 2. The van der Waals surface area contributed by atoms with Crippen LogP contribution in [0.3, 0.4) is 0 Å². The van der Waals surface area contributed by atoms with Gasteiger partial charge < -0.3 is 10.6 Å². The van der Waals surface area contributed by atoms with Crippen molar-refractivity contribution in [3.63, 3.8) is 0 Å². The summed E-state index contributed by atoms with van der Waals surface area (Å²) in [4.78, 5) is 11.9. The number of rotatable bonds is 2. The number of piperidine rings is 1. The lowest BCUT2D eigenvalue weighted by Gasteiger charge is -2.23. The minimum Gasteiger partial charge on any atom is -0.349 e. The average molecular weight is 319 g/mol. The fourth-order valence-electron chi connectivity index (χ4n) is 1.93. The normalized spacial score (nSPS) is 16.6. The van der Waals surface area contributed by atoms with Crippen molar-refractivity contribution in [3.8, 4) is 0 Å². The number of hydrogen-bond acceptors (Lipinski definition) is 2. The van der Waals surface area contributed by atoms with Crippen molar-refractivity contribution in [2.24, 2.45) is 0 Å². The zero-order chi connectivity index (χ0) is 13.1. The maximum Gasteiger partial charge on any atom is 0.252 e. The quantitative estimate of drug-likeness (QED) is 0.821. The molecular weight excluding hydrogens is 306 g/mol. The van der Waals surface area contributed by atoms with Crippen molar-refractivity contribution >= 4 is 21.8 Å². The fourth-order valence-corrected chi connectivity index (χ4v) is 2.42. The lowest BCUT2D eigenvalue weighted by molar-refractivity contribution is 0.0928. The zero-order valence-electron chi connectivity index (χ0n) is 9.60. The van der Waals surface area contributed by atoms with Crippen LogP contribution in [0.4, 0.5) is 8.78 Å². The van der Waals surface area contributed by atoms with Crippen molar-refractivity contribution in [2.45, 2.75) is 18.9 Å². The van der Waals surface area contributed by atoms with Gasteiger partial charge in [0.05, 0.1) is 5.56 Å². The standard InChI is InChI=1S/C12H13BrF2N2O/c13-9-6-11(15)10(14)5-8(9)12(18)17-7-1-3-16-4-2-7/h5-7,16H,1-4H2,(H,17,18). The lowest BCUT2D eigenvalue weighted by atomic mass is 10.1. The van der Waals surface area contributed by atoms with Crippen LogP contribution in [-0.4, -0.2) is 25.0 Å². The summed E-state index contributed by atoms with van der Waals surface area (Å²) in [6.07, 6.45) is 1.68. The molecule has 0 aromatic heterocycles. The first-order valence-corrected chi connectivity index (χ1v) is 6.53. The molecule has 1 aliphatic heterocycles. The van der Waals surface area contributed by atoms with Gasteiger partial charge in [0, 0.05) is 10.5 Å². The third-order valence-corrected chi connectivity index (χ3v) is 3.59. The Bertz CT molecular complexity index is 462. The molecule has 6 heteroatoms. The van der Waals surface area contributed by atoms with Gasteiger partial charge in [-0.1, -0.05) is 0 Å². The zero-order valence-corrected chi connectivity index (χ0v) is 11.2. The Labute approximate surface area is 112 Å². The number of hydrogen-bond donors (Lipinski definition) is 2. The molecule has 0 unspecified atom stereocenters. The maximum atomic E-state index is 13.1. The molecule has 1 aromatic rings. The topological polar surface area (TPSA) is 41.1 Å². The Morgan fingerprint density at radius 3 is 2.56 bits per heavy atom. The summed E-state index contributed by atoms with van der Waals surface area (Å²) in [5.74, 6) is -2.37. The molecule has 0 atom stereocenters. The highest BCUT2D eigenvalue weighted by molar-refractivity contribution is 9.10. The summed E-state index contributed by atoms with van der Waals surface area (Å²) in [6, 6.07) is 1.96. The Balaban J connectivity index is 2.10. The average Bonchev–Trinajstić information content (AvgIpc) is 2.35. The lowest BCUT2D eigenvalue weighted by Crippen LogP contribution is -2.42. The summed E-state index contributed by atoms with van der Waals surface area (Å²) in [6.45, 7) is 1.70. The van der Waals surface area contributed by atoms with Gasteiger partial charge in [0.2, 0.25) is 0 Å². The molecule has 2 rings (SSSR count). The third kappa shape index (κ3) is 3.05. The molecule has 0 aliphatic carbocycles. The number of amides is 1. The molecule has 1 heterocycles. The molecule has 1 aliphatic rings. The Kier molecular flexibility index (Phi) is 4.29. The predicted molar refractivity (Wildman–Crippen MR) is 67.4 cm³/mol. The smallest absolute Gasteiger partial charge is 0.252 e. The molecule has 0 saturated carbocycles.